The van der Waals surface area contributed by atoms with Gasteiger partial charge in [-0.1, -0.05) is 32.6 Å². The fourth-order valence-corrected chi connectivity index (χ4v) is 1.41. The monoisotopic (exact) mass is 202 g/mol. The van der Waals surface area contributed by atoms with Crippen molar-refractivity contribution in [2.24, 2.45) is 0 Å². The van der Waals surface area contributed by atoms with Crippen LogP contribution in [0.25, 0.3) is 0 Å². The quantitative estimate of drug-likeness (QED) is 0.613. The largest absolute Gasteiger partial charge is 0.391 e. The van der Waals surface area contributed by atoms with Gasteiger partial charge in [0.15, 0.2) is 0 Å². The third kappa shape index (κ3) is 7.34. The molecule has 0 aliphatic carbocycles. The van der Waals surface area contributed by atoms with Crippen molar-refractivity contribution < 1.29 is 9.84 Å². The second-order valence-corrected chi connectivity index (χ2v) is 4.24. The van der Waals surface area contributed by atoms with Crippen molar-refractivity contribution in [1.29, 1.82) is 0 Å². The molecule has 1 N–H and O–H groups in total. The van der Waals surface area contributed by atoms with Gasteiger partial charge < -0.3 is 9.84 Å². The SMILES string of the molecule is CCCCCCC(C)OC(C)[C@@H](C)O. The van der Waals surface area contributed by atoms with Gasteiger partial charge in [-0.25, -0.2) is 0 Å². The van der Waals surface area contributed by atoms with Crippen molar-refractivity contribution in [2.75, 3.05) is 0 Å². The van der Waals surface area contributed by atoms with E-state index in [-0.39, 0.29) is 18.3 Å². The van der Waals surface area contributed by atoms with Crippen LogP contribution in [-0.4, -0.2) is 23.4 Å². The molecular formula is C12H26O2. The number of hydrogen-bond acceptors (Lipinski definition) is 2. The average molecular weight is 202 g/mol. The Kier molecular flexibility index (Phi) is 8.20. The summed E-state index contributed by atoms with van der Waals surface area (Å²) in [5.41, 5.74) is 0. The lowest BCUT2D eigenvalue weighted by atomic mass is 10.1. The number of aliphatic hydroxyl groups is 1. The maximum atomic E-state index is 9.25. The molecule has 2 heteroatoms. The first-order valence-electron chi connectivity index (χ1n) is 5.91. The molecule has 0 rings (SSSR count). The van der Waals surface area contributed by atoms with Crippen LogP contribution in [0.3, 0.4) is 0 Å². The van der Waals surface area contributed by atoms with Gasteiger partial charge in [0.05, 0.1) is 18.3 Å². The molecule has 0 fully saturated rings. The second kappa shape index (κ2) is 8.25. The summed E-state index contributed by atoms with van der Waals surface area (Å²) in [5, 5.41) is 9.25. The average Bonchev–Trinajstić information content (AvgIpc) is 2.12. The van der Waals surface area contributed by atoms with Gasteiger partial charge in [-0.2, -0.15) is 0 Å². The molecule has 2 nitrogen and oxygen atoms in total. The van der Waals surface area contributed by atoms with Gasteiger partial charge in [0, 0.05) is 0 Å². The van der Waals surface area contributed by atoms with Crippen LogP contribution in [0.4, 0.5) is 0 Å². The highest BCUT2D eigenvalue weighted by atomic mass is 16.5. The van der Waals surface area contributed by atoms with E-state index in [0.29, 0.717) is 0 Å². The van der Waals surface area contributed by atoms with E-state index in [4.69, 9.17) is 4.74 Å². The molecule has 0 heterocycles. The molecule has 86 valence electrons. The van der Waals surface area contributed by atoms with Crippen LogP contribution in [0, 0.1) is 0 Å². The van der Waals surface area contributed by atoms with Gasteiger partial charge in [0.25, 0.3) is 0 Å². The van der Waals surface area contributed by atoms with Gasteiger partial charge in [0.1, 0.15) is 0 Å². The smallest absolute Gasteiger partial charge is 0.0806 e. The van der Waals surface area contributed by atoms with Crippen molar-refractivity contribution in [3.8, 4) is 0 Å². The second-order valence-electron chi connectivity index (χ2n) is 4.24. The molecule has 0 aliphatic rings. The van der Waals surface area contributed by atoms with Gasteiger partial charge in [-0.15, -0.1) is 0 Å². The topological polar surface area (TPSA) is 29.5 Å². The summed E-state index contributed by atoms with van der Waals surface area (Å²) in [5.74, 6) is 0. The third-order valence-electron chi connectivity index (χ3n) is 2.59. The van der Waals surface area contributed by atoms with Crippen LogP contribution in [0.15, 0.2) is 0 Å². The Hall–Kier alpha value is -0.0800. The normalized spacial score (nSPS) is 17.8. The molecule has 0 saturated carbocycles. The highest BCUT2D eigenvalue weighted by Gasteiger charge is 2.12. The Morgan fingerprint density at radius 3 is 2.21 bits per heavy atom. The van der Waals surface area contributed by atoms with Gasteiger partial charge in [0.2, 0.25) is 0 Å². The summed E-state index contributed by atoms with van der Waals surface area (Å²) in [6, 6.07) is 0. The highest BCUT2D eigenvalue weighted by molar-refractivity contribution is 4.60. The van der Waals surface area contributed by atoms with E-state index in [1.165, 1.54) is 25.7 Å². The number of ether oxygens (including phenoxy) is 1. The molecule has 0 spiro atoms. The predicted octanol–water partition coefficient (Wildman–Crippen LogP) is 3.13. The van der Waals surface area contributed by atoms with E-state index in [9.17, 15) is 5.11 Å². The van der Waals surface area contributed by atoms with E-state index in [1.54, 1.807) is 6.92 Å². The lowest BCUT2D eigenvalue weighted by Gasteiger charge is -2.21. The third-order valence-corrected chi connectivity index (χ3v) is 2.59. The molecule has 0 amide bonds. The molecule has 0 aliphatic heterocycles. The van der Waals surface area contributed by atoms with Crippen molar-refractivity contribution in [1.82, 2.24) is 0 Å². The number of hydrogen-bond donors (Lipinski definition) is 1. The van der Waals surface area contributed by atoms with Crippen molar-refractivity contribution in [2.45, 2.75) is 78.1 Å². The molecule has 0 aromatic rings. The van der Waals surface area contributed by atoms with E-state index >= 15 is 0 Å². The standard InChI is InChI=1S/C12H26O2/c1-5-6-7-8-9-10(2)14-12(4)11(3)13/h10-13H,5-9H2,1-4H3/t10?,11-,12?/m1/s1. The molecule has 2 unspecified atom stereocenters. The fraction of sp³-hybridized carbons (Fsp3) is 1.00. The first kappa shape index (κ1) is 13.9. The molecule has 0 aromatic heterocycles. The summed E-state index contributed by atoms with van der Waals surface area (Å²) in [7, 11) is 0. The summed E-state index contributed by atoms with van der Waals surface area (Å²) in [6.07, 6.45) is 6.10. The minimum absolute atomic E-state index is 0.0452. The molecule has 0 saturated heterocycles. The van der Waals surface area contributed by atoms with E-state index in [1.807, 2.05) is 6.92 Å². The van der Waals surface area contributed by atoms with E-state index in [2.05, 4.69) is 13.8 Å². The van der Waals surface area contributed by atoms with Gasteiger partial charge >= 0.3 is 0 Å². The van der Waals surface area contributed by atoms with Crippen LogP contribution in [0.2, 0.25) is 0 Å². The molecule has 3 atom stereocenters. The molecule has 0 aromatic carbocycles. The maximum Gasteiger partial charge on any atom is 0.0806 e. The zero-order chi connectivity index (χ0) is 11.0. The first-order chi connectivity index (χ1) is 6.57. The molecule has 14 heavy (non-hydrogen) atoms. The van der Waals surface area contributed by atoms with E-state index < -0.39 is 0 Å². The Bertz CT molecular complexity index is 123. The zero-order valence-electron chi connectivity index (χ0n) is 10.1. The zero-order valence-corrected chi connectivity index (χ0v) is 10.1. The number of aliphatic hydroxyl groups excluding tert-OH is 1. The van der Waals surface area contributed by atoms with Crippen LogP contribution in [0.1, 0.15) is 59.8 Å². The van der Waals surface area contributed by atoms with E-state index in [0.717, 1.165) is 6.42 Å². The highest BCUT2D eigenvalue weighted by Crippen LogP contribution is 2.10. The molecule has 0 bridgehead atoms. The summed E-state index contributed by atoms with van der Waals surface area (Å²) in [6.45, 7) is 8.00. The van der Waals surface area contributed by atoms with Crippen LogP contribution in [0.5, 0.6) is 0 Å². The lowest BCUT2D eigenvalue weighted by Crippen LogP contribution is -2.27. The summed E-state index contributed by atoms with van der Waals surface area (Å²) in [4.78, 5) is 0. The van der Waals surface area contributed by atoms with Gasteiger partial charge in [-0.05, 0) is 27.2 Å². The predicted molar refractivity (Wildman–Crippen MR) is 60.4 cm³/mol. The Labute approximate surface area is 88.7 Å². The molecule has 0 radical (unpaired) electrons. The van der Waals surface area contributed by atoms with Crippen LogP contribution >= 0.6 is 0 Å². The minimum Gasteiger partial charge on any atom is -0.391 e. The van der Waals surface area contributed by atoms with Crippen LogP contribution < -0.4 is 0 Å². The Balaban J connectivity index is 3.40. The maximum absolute atomic E-state index is 9.25. The molecular weight excluding hydrogens is 176 g/mol. The van der Waals surface area contributed by atoms with Crippen molar-refractivity contribution in [3.63, 3.8) is 0 Å². The fourth-order valence-electron chi connectivity index (χ4n) is 1.41. The Morgan fingerprint density at radius 2 is 1.71 bits per heavy atom. The summed E-state index contributed by atoms with van der Waals surface area (Å²) >= 11 is 0. The Morgan fingerprint density at radius 1 is 1.07 bits per heavy atom. The first-order valence-corrected chi connectivity index (χ1v) is 5.91. The van der Waals surface area contributed by atoms with Crippen molar-refractivity contribution >= 4 is 0 Å². The lowest BCUT2D eigenvalue weighted by molar-refractivity contribution is -0.0573. The number of unbranched alkanes of at least 4 members (excludes halogenated alkanes) is 3. The van der Waals surface area contributed by atoms with Crippen LogP contribution in [-0.2, 0) is 4.74 Å². The van der Waals surface area contributed by atoms with Gasteiger partial charge in [-0.3, -0.25) is 0 Å². The van der Waals surface area contributed by atoms with Crippen molar-refractivity contribution in [3.05, 3.63) is 0 Å². The number of rotatable bonds is 8. The minimum atomic E-state index is -0.368. The summed E-state index contributed by atoms with van der Waals surface area (Å²) < 4.78 is 5.64.